The van der Waals surface area contributed by atoms with Gasteiger partial charge in [0.25, 0.3) is 0 Å². The molecule has 2 aromatic rings. The maximum absolute atomic E-state index is 9.90. The molecule has 1 atom stereocenters. The van der Waals surface area contributed by atoms with E-state index in [0.29, 0.717) is 18.4 Å². The van der Waals surface area contributed by atoms with Gasteiger partial charge in [-0.3, -0.25) is 9.58 Å². The fourth-order valence-corrected chi connectivity index (χ4v) is 3.47. The fraction of sp³-hybridized carbons (Fsp3) is 0.526. The molecule has 3 rings (SSSR count). The molecule has 130 valence electrons. The summed E-state index contributed by atoms with van der Waals surface area (Å²) in [6.45, 7) is 4.41. The van der Waals surface area contributed by atoms with Gasteiger partial charge in [0.15, 0.2) is 11.5 Å². The van der Waals surface area contributed by atoms with Gasteiger partial charge in [-0.05, 0) is 50.1 Å². The van der Waals surface area contributed by atoms with Crippen LogP contribution in [0.1, 0.15) is 49.9 Å². The summed E-state index contributed by atoms with van der Waals surface area (Å²) in [7, 11) is 1.97. The molecule has 1 unspecified atom stereocenters. The second-order valence-electron chi connectivity index (χ2n) is 6.48. The third-order valence-corrected chi connectivity index (χ3v) is 4.65. The summed E-state index contributed by atoms with van der Waals surface area (Å²) >= 11 is 0. The minimum absolute atomic E-state index is 0.206. The van der Waals surface area contributed by atoms with E-state index >= 15 is 0 Å². The van der Waals surface area contributed by atoms with Crippen LogP contribution >= 0.6 is 0 Å². The molecular weight excluding hydrogens is 302 g/mol. The van der Waals surface area contributed by atoms with Gasteiger partial charge >= 0.3 is 0 Å². The molecule has 5 heteroatoms. The van der Waals surface area contributed by atoms with Crippen molar-refractivity contribution < 1.29 is 9.84 Å². The zero-order valence-electron chi connectivity index (χ0n) is 14.6. The van der Waals surface area contributed by atoms with Crippen molar-refractivity contribution >= 4 is 0 Å². The first-order valence-corrected chi connectivity index (χ1v) is 8.85. The van der Waals surface area contributed by atoms with Gasteiger partial charge in [-0.15, -0.1) is 0 Å². The second kappa shape index (κ2) is 7.71. The van der Waals surface area contributed by atoms with Crippen LogP contribution in [0.3, 0.4) is 0 Å². The van der Waals surface area contributed by atoms with Crippen LogP contribution in [-0.4, -0.2) is 32.9 Å². The van der Waals surface area contributed by atoms with Gasteiger partial charge < -0.3 is 9.84 Å². The second-order valence-corrected chi connectivity index (χ2v) is 6.48. The fourth-order valence-electron chi connectivity index (χ4n) is 3.47. The van der Waals surface area contributed by atoms with Crippen molar-refractivity contribution in [2.75, 3.05) is 13.2 Å². The molecule has 0 amide bonds. The molecule has 0 saturated carbocycles. The van der Waals surface area contributed by atoms with Crippen LogP contribution in [0.4, 0.5) is 0 Å². The van der Waals surface area contributed by atoms with Crippen LogP contribution in [0.2, 0.25) is 0 Å². The van der Waals surface area contributed by atoms with Gasteiger partial charge in [-0.2, -0.15) is 5.10 Å². The molecule has 1 N–H and O–H groups in total. The molecule has 0 bridgehead atoms. The van der Waals surface area contributed by atoms with Gasteiger partial charge in [0.2, 0.25) is 0 Å². The van der Waals surface area contributed by atoms with Gasteiger partial charge in [0, 0.05) is 19.8 Å². The highest BCUT2D eigenvalue weighted by Gasteiger charge is 2.24. The highest BCUT2D eigenvalue weighted by molar-refractivity contribution is 5.41. The minimum Gasteiger partial charge on any atom is -0.504 e. The van der Waals surface area contributed by atoms with E-state index in [2.05, 4.69) is 16.1 Å². The zero-order chi connectivity index (χ0) is 16.9. The Hall–Kier alpha value is -2.01. The molecular formula is C19H27N3O2. The van der Waals surface area contributed by atoms with Crippen LogP contribution in [0.5, 0.6) is 11.5 Å². The Labute approximate surface area is 143 Å². The lowest BCUT2D eigenvalue weighted by Gasteiger charge is -2.29. The normalized spacial score (nSPS) is 19.2. The standard InChI is InChI=1S/C19H27N3O2/c1-3-24-19-13-15(8-9-18(19)23)14-22-11-6-4-5-7-17(22)16-10-12-21(2)20-16/h8-10,12-13,17,23H,3-7,11,14H2,1-2H3. The van der Waals surface area contributed by atoms with Crippen LogP contribution < -0.4 is 4.74 Å². The third-order valence-electron chi connectivity index (χ3n) is 4.65. The minimum atomic E-state index is 0.206. The molecule has 0 radical (unpaired) electrons. The van der Waals surface area contributed by atoms with E-state index in [1.165, 1.54) is 24.8 Å². The largest absolute Gasteiger partial charge is 0.504 e. The number of aromatic hydroxyl groups is 1. The van der Waals surface area contributed by atoms with E-state index < -0.39 is 0 Å². The number of benzene rings is 1. The lowest BCUT2D eigenvalue weighted by atomic mass is 10.1. The molecule has 1 fully saturated rings. The number of phenolic OH excluding ortho intramolecular Hbond substituents is 1. The van der Waals surface area contributed by atoms with Gasteiger partial charge in [0.1, 0.15) is 0 Å². The number of ether oxygens (including phenoxy) is 1. The summed E-state index contributed by atoms with van der Waals surface area (Å²) in [5, 5.41) is 14.5. The molecule has 1 aromatic heterocycles. The maximum atomic E-state index is 9.90. The van der Waals surface area contributed by atoms with Crippen molar-refractivity contribution in [3.8, 4) is 11.5 Å². The predicted molar refractivity (Wildman–Crippen MR) is 94.1 cm³/mol. The monoisotopic (exact) mass is 329 g/mol. The Kier molecular flexibility index (Phi) is 5.41. The van der Waals surface area contributed by atoms with Crippen molar-refractivity contribution in [1.29, 1.82) is 0 Å². The summed E-state index contributed by atoms with van der Waals surface area (Å²) in [4.78, 5) is 2.51. The van der Waals surface area contributed by atoms with E-state index in [0.717, 1.165) is 25.2 Å². The van der Waals surface area contributed by atoms with Crippen molar-refractivity contribution in [3.63, 3.8) is 0 Å². The number of hydrogen-bond acceptors (Lipinski definition) is 4. The number of nitrogens with zero attached hydrogens (tertiary/aromatic N) is 3. The van der Waals surface area contributed by atoms with Crippen molar-refractivity contribution in [3.05, 3.63) is 41.7 Å². The molecule has 1 aromatic carbocycles. The number of hydrogen-bond donors (Lipinski definition) is 1. The van der Waals surface area contributed by atoms with E-state index in [-0.39, 0.29) is 5.75 Å². The lowest BCUT2D eigenvalue weighted by Crippen LogP contribution is -2.28. The third kappa shape index (κ3) is 3.90. The van der Waals surface area contributed by atoms with Crippen molar-refractivity contribution in [2.45, 2.75) is 45.2 Å². The van der Waals surface area contributed by atoms with E-state index in [1.807, 2.05) is 37.0 Å². The number of rotatable bonds is 5. The predicted octanol–water partition coefficient (Wildman–Crippen LogP) is 3.64. The molecule has 2 heterocycles. The zero-order valence-corrected chi connectivity index (χ0v) is 14.6. The summed E-state index contributed by atoms with van der Waals surface area (Å²) in [6.07, 6.45) is 6.91. The van der Waals surface area contributed by atoms with Crippen LogP contribution in [0, 0.1) is 0 Å². The lowest BCUT2D eigenvalue weighted by molar-refractivity contribution is 0.187. The summed E-state index contributed by atoms with van der Waals surface area (Å²) in [5.41, 5.74) is 2.32. The van der Waals surface area contributed by atoms with Crippen LogP contribution in [0.25, 0.3) is 0 Å². The van der Waals surface area contributed by atoms with E-state index in [9.17, 15) is 5.11 Å². The highest BCUT2D eigenvalue weighted by Crippen LogP contribution is 2.32. The number of phenols is 1. The molecule has 0 aliphatic carbocycles. The summed E-state index contributed by atoms with van der Waals surface area (Å²) in [5.74, 6) is 0.775. The van der Waals surface area contributed by atoms with Crippen molar-refractivity contribution in [2.24, 2.45) is 7.05 Å². The summed E-state index contributed by atoms with van der Waals surface area (Å²) < 4.78 is 7.40. The topological polar surface area (TPSA) is 50.5 Å². The maximum Gasteiger partial charge on any atom is 0.161 e. The quantitative estimate of drug-likeness (QED) is 0.910. The Morgan fingerprint density at radius 1 is 1.25 bits per heavy atom. The molecule has 0 spiro atoms. The van der Waals surface area contributed by atoms with Gasteiger partial charge in [-0.25, -0.2) is 0 Å². The SMILES string of the molecule is CCOc1cc(CN2CCCCCC2c2ccn(C)n2)ccc1O. The average Bonchev–Trinajstić information content (AvgIpc) is 2.86. The first-order valence-electron chi connectivity index (χ1n) is 8.85. The van der Waals surface area contributed by atoms with Gasteiger partial charge in [0.05, 0.1) is 18.3 Å². The Morgan fingerprint density at radius 2 is 2.12 bits per heavy atom. The molecule has 1 aliphatic heterocycles. The Balaban J connectivity index is 1.81. The molecule has 5 nitrogen and oxygen atoms in total. The molecule has 1 saturated heterocycles. The Bertz CT molecular complexity index is 668. The highest BCUT2D eigenvalue weighted by atomic mass is 16.5. The smallest absolute Gasteiger partial charge is 0.161 e. The Morgan fingerprint density at radius 3 is 2.88 bits per heavy atom. The van der Waals surface area contributed by atoms with Crippen molar-refractivity contribution in [1.82, 2.24) is 14.7 Å². The van der Waals surface area contributed by atoms with Gasteiger partial charge in [-0.1, -0.05) is 18.9 Å². The summed E-state index contributed by atoms with van der Waals surface area (Å²) in [6, 6.07) is 8.16. The number of aryl methyl sites for hydroxylation is 1. The number of likely N-dealkylation sites (tertiary alicyclic amines) is 1. The molecule has 1 aliphatic rings. The number of aromatic nitrogens is 2. The first-order chi connectivity index (χ1) is 11.7. The van der Waals surface area contributed by atoms with Crippen LogP contribution in [0.15, 0.2) is 30.5 Å². The molecule has 24 heavy (non-hydrogen) atoms. The first kappa shape index (κ1) is 16.8. The average molecular weight is 329 g/mol. The van der Waals surface area contributed by atoms with E-state index in [4.69, 9.17) is 4.74 Å². The van der Waals surface area contributed by atoms with Crippen LogP contribution in [-0.2, 0) is 13.6 Å². The van der Waals surface area contributed by atoms with E-state index in [1.54, 1.807) is 6.07 Å².